The first-order chi connectivity index (χ1) is 4.76. The zero-order valence-corrected chi connectivity index (χ0v) is 7.86. The molecule has 0 aromatic rings. The molecule has 0 saturated carbocycles. The van der Waals surface area contributed by atoms with Crippen molar-refractivity contribution in [3.8, 4) is 0 Å². The van der Waals surface area contributed by atoms with E-state index in [1.807, 2.05) is 20.8 Å². The van der Waals surface area contributed by atoms with E-state index in [2.05, 4.69) is 0 Å². The van der Waals surface area contributed by atoms with Gasteiger partial charge in [0.1, 0.15) is 0 Å². The molecule has 64 valence electrons. The molecule has 0 spiro atoms. The molecule has 0 heterocycles. The lowest BCUT2D eigenvalue weighted by Gasteiger charge is -2.21. The SMILES string of the molecule is CC(=O)/C(=C(\C)O)C(C)(C)C. The van der Waals surface area contributed by atoms with Crippen LogP contribution in [0.4, 0.5) is 0 Å². The maximum atomic E-state index is 11.0. The highest BCUT2D eigenvalue weighted by Crippen LogP contribution is 2.27. The van der Waals surface area contributed by atoms with Gasteiger partial charge >= 0.3 is 0 Å². The number of carbonyl (C=O) groups is 1. The van der Waals surface area contributed by atoms with Crippen molar-refractivity contribution in [3.05, 3.63) is 11.3 Å². The Balaban J connectivity index is 4.96. The predicted molar refractivity (Wildman–Crippen MR) is 45.5 cm³/mol. The van der Waals surface area contributed by atoms with Crippen LogP contribution in [-0.4, -0.2) is 10.9 Å². The minimum absolute atomic E-state index is 0.0579. The molecule has 0 amide bonds. The lowest BCUT2D eigenvalue weighted by atomic mass is 9.83. The number of aliphatic hydroxyl groups excluding tert-OH is 1. The maximum Gasteiger partial charge on any atom is 0.159 e. The van der Waals surface area contributed by atoms with E-state index in [4.69, 9.17) is 0 Å². The van der Waals surface area contributed by atoms with Crippen LogP contribution in [0.25, 0.3) is 0 Å². The largest absolute Gasteiger partial charge is 0.512 e. The van der Waals surface area contributed by atoms with Crippen molar-refractivity contribution in [1.29, 1.82) is 0 Å². The van der Waals surface area contributed by atoms with E-state index in [0.29, 0.717) is 5.57 Å². The monoisotopic (exact) mass is 156 g/mol. The molecule has 0 aromatic heterocycles. The summed E-state index contributed by atoms with van der Waals surface area (Å²) in [5.74, 6) is 0.0718. The van der Waals surface area contributed by atoms with E-state index in [9.17, 15) is 9.90 Å². The molecule has 0 aliphatic heterocycles. The first kappa shape index (κ1) is 10.2. The summed E-state index contributed by atoms with van der Waals surface area (Å²) in [6.45, 7) is 8.73. The summed E-state index contributed by atoms with van der Waals surface area (Å²) in [4.78, 5) is 11.0. The summed E-state index contributed by atoms with van der Waals surface area (Å²) in [5.41, 5.74) is 0.252. The Labute approximate surface area is 67.9 Å². The highest BCUT2D eigenvalue weighted by Gasteiger charge is 2.23. The van der Waals surface area contributed by atoms with Crippen LogP contribution >= 0.6 is 0 Å². The van der Waals surface area contributed by atoms with E-state index in [-0.39, 0.29) is 17.0 Å². The van der Waals surface area contributed by atoms with Gasteiger partial charge in [0, 0.05) is 5.57 Å². The van der Waals surface area contributed by atoms with Crippen LogP contribution in [0.2, 0.25) is 0 Å². The fourth-order valence-corrected chi connectivity index (χ4v) is 1.33. The predicted octanol–water partition coefficient (Wildman–Crippen LogP) is 2.45. The first-order valence-corrected chi connectivity index (χ1v) is 3.68. The Kier molecular flexibility index (Phi) is 2.85. The molecule has 11 heavy (non-hydrogen) atoms. The van der Waals surface area contributed by atoms with Crippen molar-refractivity contribution in [2.75, 3.05) is 0 Å². The average molecular weight is 156 g/mol. The number of carbonyl (C=O) groups excluding carboxylic acids is 1. The van der Waals surface area contributed by atoms with Gasteiger partial charge in [-0.05, 0) is 19.3 Å². The summed E-state index contributed by atoms with van der Waals surface area (Å²) < 4.78 is 0. The maximum absolute atomic E-state index is 11.0. The number of rotatable bonds is 1. The van der Waals surface area contributed by atoms with Gasteiger partial charge in [-0.3, -0.25) is 4.79 Å². The number of Topliss-reactive ketones (excluding diaryl/α,β-unsaturated/α-hetero) is 1. The summed E-state index contributed by atoms with van der Waals surface area (Å²) in [6, 6.07) is 0. The minimum atomic E-state index is -0.259. The second-order valence-corrected chi connectivity index (χ2v) is 3.77. The standard InChI is InChI=1S/C9H16O2/c1-6(10)8(7(2)11)9(3,4)5/h10H,1-5H3/b8-6-. The highest BCUT2D eigenvalue weighted by atomic mass is 16.3. The third-order valence-electron chi connectivity index (χ3n) is 1.46. The zero-order chi connectivity index (χ0) is 9.23. The van der Waals surface area contributed by atoms with E-state index < -0.39 is 0 Å². The topological polar surface area (TPSA) is 37.3 Å². The van der Waals surface area contributed by atoms with Gasteiger partial charge in [-0.1, -0.05) is 20.8 Å². The Hall–Kier alpha value is -0.790. The molecule has 0 radical (unpaired) electrons. The van der Waals surface area contributed by atoms with Crippen molar-refractivity contribution in [2.45, 2.75) is 34.6 Å². The van der Waals surface area contributed by atoms with Gasteiger partial charge in [-0.15, -0.1) is 0 Å². The van der Waals surface area contributed by atoms with Gasteiger partial charge in [-0.2, -0.15) is 0 Å². The van der Waals surface area contributed by atoms with Crippen LogP contribution < -0.4 is 0 Å². The molecule has 1 N–H and O–H groups in total. The van der Waals surface area contributed by atoms with Crippen LogP contribution in [0.5, 0.6) is 0 Å². The molecular formula is C9H16O2. The summed E-state index contributed by atoms with van der Waals surface area (Å²) in [7, 11) is 0. The molecule has 0 bridgehead atoms. The third kappa shape index (κ3) is 2.74. The van der Waals surface area contributed by atoms with E-state index in [1.54, 1.807) is 6.92 Å². The molecule has 0 atom stereocenters. The molecule has 0 saturated heterocycles. The molecule has 0 rings (SSSR count). The number of hydrogen-bond donors (Lipinski definition) is 1. The van der Waals surface area contributed by atoms with Crippen molar-refractivity contribution in [1.82, 2.24) is 0 Å². The number of hydrogen-bond acceptors (Lipinski definition) is 2. The van der Waals surface area contributed by atoms with Crippen LogP contribution in [0.15, 0.2) is 11.3 Å². The van der Waals surface area contributed by atoms with Crippen molar-refractivity contribution in [3.63, 3.8) is 0 Å². The van der Waals surface area contributed by atoms with E-state index in [1.165, 1.54) is 6.92 Å². The Morgan fingerprint density at radius 1 is 1.18 bits per heavy atom. The van der Waals surface area contributed by atoms with Crippen molar-refractivity contribution < 1.29 is 9.90 Å². The quantitative estimate of drug-likeness (QED) is 0.467. The molecule has 2 nitrogen and oxygen atoms in total. The van der Waals surface area contributed by atoms with Crippen LogP contribution in [0.1, 0.15) is 34.6 Å². The molecule has 0 unspecified atom stereocenters. The van der Waals surface area contributed by atoms with Gasteiger partial charge in [0.05, 0.1) is 5.76 Å². The second-order valence-electron chi connectivity index (χ2n) is 3.77. The van der Waals surface area contributed by atoms with Crippen LogP contribution in [-0.2, 0) is 4.79 Å². The Morgan fingerprint density at radius 3 is 1.55 bits per heavy atom. The molecule has 0 fully saturated rings. The Morgan fingerprint density at radius 2 is 1.55 bits per heavy atom. The lowest BCUT2D eigenvalue weighted by molar-refractivity contribution is -0.114. The highest BCUT2D eigenvalue weighted by molar-refractivity contribution is 5.94. The zero-order valence-electron chi connectivity index (χ0n) is 7.86. The van der Waals surface area contributed by atoms with Crippen molar-refractivity contribution >= 4 is 5.78 Å². The van der Waals surface area contributed by atoms with E-state index in [0.717, 1.165) is 0 Å². The molecule has 2 heteroatoms. The van der Waals surface area contributed by atoms with Gasteiger partial charge in [0.15, 0.2) is 5.78 Å². The number of aliphatic hydroxyl groups is 1. The van der Waals surface area contributed by atoms with Gasteiger partial charge in [0.2, 0.25) is 0 Å². The summed E-state index contributed by atoms with van der Waals surface area (Å²) in [6.07, 6.45) is 0. The smallest absolute Gasteiger partial charge is 0.159 e. The Bertz CT molecular complexity index is 190. The number of allylic oxidation sites excluding steroid dienone is 2. The fraction of sp³-hybridized carbons (Fsp3) is 0.667. The molecular weight excluding hydrogens is 140 g/mol. The summed E-state index contributed by atoms with van der Waals surface area (Å²) in [5, 5.41) is 9.18. The normalized spacial score (nSPS) is 14.3. The van der Waals surface area contributed by atoms with Crippen molar-refractivity contribution in [2.24, 2.45) is 5.41 Å². The lowest BCUT2D eigenvalue weighted by Crippen LogP contribution is -2.17. The third-order valence-corrected chi connectivity index (χ3v) is 1.46. The van der Waals surface area contributed by atoms with Gasteiger partial charge in [0.25, 0.3) is 0 Å². The minimum Gasteiger partial charge on any atom is -0.512 e. The fourth-order valence-electron chi connectivity index (χ4n) is 1.33. The van der Waals surface area contributed by atoms with E-state index >= 15 is 0 Å². The first-order valence-electron chi connectivity index (χ1n) is 3.68. The molecule has 0 aliphatic rings. The number of ketones is 1. The molecule has 0 aromatic carbocycles. The van der Waals surface area contributed by atoms with Gasteiger partial charge < -0.3 is 5.11 Å². The average Bonchev–Trinajstić information content (AvgIpc) is 1.54. The van der Waals surface area contributed by atoms with Gasteiger partial charge in [-0.25, -0.2) is 0 Å². The summed E-state index contributed by atoms with van der Waals surface area (Å²) >= 11 is 0. The van der Waals surface area contributed by atoms with Crippen LogP contribution in [0.3, 0.4) is 0 Å². The van der Waals surface area contributed by atoms with Crippen LogP contribution in [0, 0.1) is 5.41 Å². The molecule has 0 aliphatic carbocycles. The second kappa shape index (κ2) is 3.07.